The summed E-state index contributed by atoms with van der Waals surface area (Å²) in [4.78, 5) is 36.0. The number of hydrogen-bond acceptors (Lipinski definition) is 5. The molecule has 0 aromatic carbocycles. The molecule has 0 heterocycles. The van der Waals surface area contributed by atoms with Crippen molar-refractivity contribution in [3.63, 3.8) is 0 Å². The van der Waals surface area contributed by atoms with E-state index in [1.807, 2.05) is 0 Å². The van der Waals surface area contributed by atoms with Crippen LogP contribution in [0.5, 0.6) is 0 Å². The first-order valence-corrected chi connectivity index (χ1v) is 18.3. The normalized spacial score (nSPS) is 13.1. The molecule has 0 saturated carbocycles. The fraction of sp³-hybridized carbons (Fsp3) is 0.763. The molecule has 0 aliphatic heterocycles. The lowest BCUT2D eigenvalue weighted by molar-refractivity contribution is -0.147. The number of aliphatic carboxylic acids is 1. The summed E-state index contributed by atoms with van der Waals surface area (Å²) >= 11 is 0. The second-order valence-corrected chi connectivity index (χ2v) is 12.3. The van der Waals surface area contributed by atoms with Crippen molar-refractivity contribution in [2.45, 2.75) is 180 Å². The molecular formula is C38H68N2O5. The lowest BCUT2D eigenvalue weighted by atomic mass is 10.0. The standard InChI is InChI=1S/C38H68N2O5/c1-3-5-7-9-11-13-14-16-22-26-32-37(42)45-34(28-23-19-15-12-10-8-6-4-2)29-24-20-17-18-21-25-31-36(41)40-35(38(43)44)30-27-33-39/h7,9,12,15,23,28,34-35H,3-6,8,10-11,13-14,16-22,24-27,29-33,39H2,1-2H3,(H,40,41)(H,43,44)/b9-7-,15-12-,28-23-. The van der Waals surface area contributed by atoms with Crippen molar-refractivity contribution in [1.29, 1.82) is 0 Å². The fourth-order valence-electron chi connectivity index (χ4n) is 5.11. The van der Waals surface area contributed by atoms with E-state index in [0.29, 0.717) is 32.2 Å². The van der Waals surface area contributed by atoms with Crippen LogP contribution in [0.15, 0.2) is 36.5 Å². The molecular weight excluding hydrogens is 564 g/mol. The maximum absolute atomic E-state index is 12.6. The van der Waals surface area contributed by atoms with E-state index in [1.54, 1.807) is 0 Å². The first-order valence-electron chi connectivity index (χ1n) is 18.3. The van der Waals surface area contributed by atoms with Gasteiger partial charge in [0.05, 0.1) is 0 Å². The quantitative estimate of drug-likeness (QED) is 0.0386. The van der Waals surface area contributed by atoms with Crippen LogP contribution >= 0.6 is 0 Å². The number of ether oxygens (including phenoxy) is 1. The van der Waals surface area contributed by atoms with Crippen LogP contribution in [0.4, 0.5) is 0 Å². The Kier molecular flexibility index (Phi) is 31.2. The molecule has 2 atom stereocenters. The van der Waals surface area contributed by atoms with Crippen LogP contribution in [0.3, 0.4) is 0 Å². The average molecular weight is 633 g/mol. The number of esters is 1. The number of carboxylic acid groups (broad SMARTS) is 1. The van der Waals surface area contributed by atoms with Crippen LogP contribution in [-0.2, 0) is 19.1 Å². The summed E-state index contributed by atoms with van der Waals surface area (Å²) in [6, 6.07) is -0.855. The molecule has 0 bridgehead atoms. The molecule has 2 unspecified atom stereocenters. The topological polar surface area (TPSA) is 119 Å². The van der Waals surface area contributed by atoms with Gasteiger partial charge in [-0.2, -0.15) is 0 Å². The first-order chi connectivity index (χ1) is 21.9. The molecule has 0 aliphatic carbocycles. The Hall–Kier alpha value is -2.41. The number of hydrogen-bond donors (Lipinski definition) is 3. The molecule has 0 rings (SSSR count). The van der Waals surface area contributed by atoms with Crippen LogP contribution in [-0.4, -0.2) is 41.6 Å². The second kappa shape index (κ2) is 33.0. The Morgan fingerprint density at radius 2 is 1.27 bits per heavy atom. The van der Waals surface area contributed by atoms with Crippen molar-refractivity contribution < 1.29 is 24.2 Å². The van der Waals surface area contributed by atoms with E-state index in [2.05, 4.69) is 55.6 Å². The number of unbranched alkanes of at least 4 members (excludes halogenated alkanes) is 14. The van der Waals surface area contributed by atoms with Crippen molar-refractivity contribution in [3.05, 3.63) is 36.5 Å². The molecule has 0 radical (unpaired) electrons. The minimum absolute atomic E-state index is 0.0892. The minimum atomic E-state index is -1.01. The van der Waals surface area contributed by atoms with Crippen LogP contribution in [0.25, 0.3) is 0 Å². The predicted octanol–water partition coefficient (Wildman–Crippen LogP) is 9.50. The molecule has 7 nitrogen and oxygen atoms in total. The van der Waals surface area contributed by atoms with Crippen molar-refractivity contribution >= 4 is 17.8 Å². The number of nitrogens with one attached hydrogen (secondary N) is 1. The molecule has 1 amide bonds. The molecule has 0 aliphatic rings. The van der Waals surface area contributed by atoms with Crippen LogP contribution in [0.1, 0.15) is 168 Å². The highest BCUT2D eigenvalue weighted by atomic mass is 16.5. The molecule has 0 fully saturated rings. The summed E-state index contributed by atoms with van der Waals surface area (Å²) < 4.78 is 5.89. The van der Waals surface area contributed by atoms with Crippen molar-refractivity contribution in [2.24, 2.45) is 5.73 Å². The van der Waals surface area contributed by atoms with Gasteiger partial charge < -0.3 is 20.9 Å². The van der Waals surface area contributed by atoms with Gasteiger partial charge in [0, 0.05) is 12.8 Å². The van der Waals surface area contributed by atoms with Crippen LogP contribution < -0.4 is 11.1 Å². The monoisotopic (exact) mass is 633 g/mol. The molecule has 4 N–H and O–H groups in total. The van der Waals surface area contributed by atoms with Crippen molar-refractivity contribution in [1.82, 2.24) is 5.32 Å². The van der Waals surface area contributed by atoms with E-state index in [1.165, 1.54) is 51.4 Å². The average Bonchev–Trinajstić information content (AvgIpc) is 3.02. The van der Waals surface area contributed by atoms with E-state index >= 15 is 0 Å². The third kappa shape index (κ3) is 30.0. The number of rotatable bonds is 32. The van der Waals surface area contributed by atoms with Gasteiger partial charge in [0.15, 0.2) is 0 Å². The number of carbonyl (C=O) groups excluding carboxylic acids is 2. The summed E-state index contributed by atoms with van der Waals surface area (Å²) in [5.74, 6) is -1.30. The summed E-state index contributed by atoms with van der Waals surface area (Å²) in [5, 5.41) is 11.9. The Morgan fingerprint density at radius 1 is 0.667 bits per heavy atom. The predicted molar refractivity (Wildman–Crippen MR) is 188 cm³/mol. The summed E-state index contributed by atoms with van der Waals surface area (Å²) in [6.45, 7) is 4.83. The maximum atomic E-state index is 12.6. The Morgan fingerprint density at radius 3 is 1.93 bits per heavy atom. The van der Waals surface area contributed by atoms with E-state index < -0.39 is 12.0 Å². The zero-order valence-corrected chi connectivity index (χ0v) is 29.0. The van der Waals surface area contributed by atoms with Gasteiger partial charge in [0.25, 0.3) is 0 Å². The lowest BCUT2D eigenvalue weighted by Crippen LogP contribution is -2.40. The Labute approximate surface area is 275 Å². The van der Waals surface area contributed by atoms with Gasteiger partial charge >= 0.3 is 11.9 Å². The molecule has 7 heteroatoms. The number of carbonyl (C=O) groups is 3. The van der Waals surface area contributed by atoms with E-state index in [0.717, 1.165) is 77.0 Å². The number of allylic oxidation sites excluding steroid dienone is 5. The van der Waals surface area contributed by atoms with Gasteiger partial charge in [-0.15, -0.1) is 0 Å². The van der Waals surface area contributed by atoms with Gasteiger partial charge in [-0.25, -0.2) is 4.79 Å². The fourth-order valence-corrected chi connectivity index (χ4v) is 5.11. The van der Waals surface area contributed by atoms with E-state index in [4.69, 9.17) is 10.5 Å². The number of amides is 1. The molecule has 0 aromatic heterocycles. The highest BCUT2D eigenvalue weighted by Crippen LogP contribution is 2.15. The van der Waals surface area contributed by atoms with Gasteiger partial charge in [-0.1, -0.05) is 108 Å². The Bertz CT molecular complexity index is 808. The van der Waals surface area contributed by atoms with Crippen LogP contribution in [0, 0.1) is 0 Å². The highest BCUT2D eigenvalue weighted by Gasteiger charge is 2.18. The summed E-state index contributed by atoms with van der Waals surface area (Å²) in [7, 11) is 0. The van der Waals surface area contributed by atoms with Gasteiger partial charge in [-0.3, -0.25) is 9.59 Å². The maximum Gasteiger partial charge on any atom is 0.326 e. The zero-order chi connectivity index (χ0) is 33.2. The first kappa shape index (κ1) is 42.6. The van der Waals surface area contributed by atoms with E-state index in [-0.39, 0.29) is 18.0 Å². The SMILES string of the molecule is CCC/C=C\CCCCCCCC(=O)OC(/C=C\C/C=C\CCCCC)CCCCCCCCC(=O)NC(CCCN)C(=O)O. The van der Waals surface area contributed by atoms with E-state index in [9.17, 15) is 19.5 Å². The smallest absolute Gasteiger partial charge is 0.326 e. The highest BCUT2D eigenvalue weighted by molar-refractivity contribution is 5.83. The van der Waals surface area contributed by atoms with Crippen molar-refractivity contribution in [2.75, 3.05) is 6.54 Å². The Balaban J connectivity index is 4.35. The molecule has 0 saturated heterocycles. The van der Waals surface area contributed by atoms with Gasteiger partial charge in [0.1, 0.15) is 12.1 Å². The van der Waals surface area contributed by atoms with Crippen LogP contribution in [0.2, 0.25) is 0 Å². The van der Waals surface area contributed by atoms with Crippen molar-refractivity contribution in [3.8, 4) is 0 Å². The third-order valence-electron chi connectivity index (χ3n) is 7.89. The zero-order valence-electron chi connectivity index (χ0n) is 29.0. The number of carboxylic acids is 1. The second-order valence-electron chi connectivity index (χ2n) is 12.3. The third-order valence-corrected chi connectivity index (χ3v) is 7.89. The molecule has 0 aromatic rings. The molecule has 260 valence electrons. The summed E-state index contributed by atoms with van der Waals surface area (Å²) in [6.07, 6.45) is 36.3. The minimum Gasteiger partial charge on any atom is -0.480 e. The molecule has 0 spiro atoms. The largest absolute Gasteiger partial charge is 0.480 e. The molecule has 45 heavy (non-hydrogen) atoms. The van der Waals surface area contributed by atoms with Gasteiger partial charge in [-0.05, 0) is 89.7 Å². The number of nitrogens with two attached hydrogens (primary N) is 1. The lowest BCUT2D eigenvalue weighted by Gasteiger charge is -2.15. The van der Waals surface area contributed by atoms with Gasteiger partial charge in [0.2, 0.25) is 5.91 Å². The summed E-state index contributed by atoms with van der Waals surface area (Å²) in [5.41, 5.74) is 5.46.